The molecule has 0 aromatic heterocycles. The minimum atomic E-state index is -3.14. The third-order valence-corrected chi connectivity index (χ3v) is 5.49. The van der Waals surface area contributed by atoms with Gasteiger partial charge in [-0.15, -0.1) is 0 Å². The summed E-state index contributed by atoms with van der Waals surface area (Å²) in [7, 11) is -1.33. The Balaban J connectivity index is 1.90. The fraction of sp³-hybridized carbons (Fsp3) is 0.562. The Bertz CT molecular complexity index is 617. The Morgan fingerprint density at radius 1 is 1.23 bits per heavy atom. The molecule has 122 valence electrons. The standard InChI is InChI=1S/C16H24N2O3S/c1-13-4-6-14(7-5-13)12-17(2)16(19)15-8-10-18(11-9-15)22(3,20)21/h4-7,15H,8-12H2,1-3H3. The lowest BCUT2D eigenvalue weighted by Gasteiger charge is -2.31. The smallest absolute Gasteiger partial charge is 0.225 e. The molecule has 0 radical (unpaired) electrons. The van der Waals surface area contributed by atoms with Crippen LogP contribution in [0.15, 0.2) is 24.3 Å². The number of sulfonamides is 1. The van der Waals surface area contributed by atoms with Gasteiger partial charge < -0.3 is 4.90 Å². The van der Waals surface area contributed by atoms with Gasteiger partial charge in [0.05, 0.1) is 6.26 Å². The summed E-state index contributed by atoms with van der Waals surface area (Å²) in [5.74, 6) is 0.0298. The molecule has 0 saturated carbocycles. The number of hydrogen-bond acceptors (Lipinski definition) is 3. The van der Waals surface area contributed by atoms with E-state index < -0.39 is 10.0 Å². The van der Waals surface area contributed by atoms with Crippen molar-refractivity contribution >= 4 is 15.9 Å². The van der Waals surface area contributed by atoms with Crippen LogP contribution in [0.25, 0.3) is 0 Å². The second-order valence-corrected chi connectivity index (χ2v) is 8.10. The van der Waals surface area contributed by atoms with Crippen molar-refractivity contribution in [3.8, 4) is 0 Å². The highest BCUT2D eigenvalue weighted by Gasteiger charge is 2.30. The summed E-state index contributed by atoms with van der Waals surface area (Å²) in [6.45, 7) is 3.50. The average Bonchev–Trinajstić information content (AvgIpc) is 2.48. The van der Waals surface area contributed by atoms with Crippen molar-refractivity contribution in [2.75, 3.05) is 26.4 Å². The van der Waals surface area contributed by atoms with Crippen molar-refractivity contribution in [1.29, 1.82) is 0 Å². The maximum absolute atomic E-state index is 12.5. The molecule has 1 saturated heterocycles. The molecule has 0 unspecified atom stereocenters. The van der Waals surface area contributed by atoms with Crippen LogP contribution in [0.2, 0.25) is 0 Å². The predicted octanol–water partition coefficient (Wildman–Crippen LogP) is 1.63. The molecule has 0 atom stereocenters. The molecule has 6 heteroatoms. The number of piperidine rings is 1. The highest BCUT2D eigenvalue weighted by molar-refractivity contribution is 7.88. The van der Waals surface area contributed by atoms with E-state index in [1.165, 1.54) is 16.1 Å². The molecular weight excluding hydrogens is 300 g/mol. The van der Waals surface area contributed by atoms with Gasteiger partial charge in [-0.3, -0.25) is 4.79 Å². The largest absolute Gasteiger partial charge is 0.341 e. The number of hydrogen-bond donors (Lipinski definition) is 0. The molecular formula is C16H24N2O3S. The van der Waals surface area contributed by atoms with E-state index in [1.54, 1.807) is 4.90 Å². The van der Waals surface area contributed by atoms with Crippen LogP contribution in [-0.4, -0.2) is 49.9 Å². The molecule has 1 fully saturated rings. The van der Waals surface area contributed by atoms with Crippen molar-refractivity contribution in [3.05, 3.63) is 35.4 Å². The number of aryl methyl sites for hydroxylation is 1. The second-order valence-electron chi connectivity index (χ2n) is 6.12. The lowest BCUT2D eigenvalue weighted by Crippen LogP contribution is -2.42. The van der Waals surface area contributed by atoms with Gasteiger partial charge in [0.2, 0.25) is 15.9 Å². The molecule has 1 aromatic carbocycles. The molecule has 22 heavy (non-hydrogen) atoms. The van der Waals surface area contributed by atoms with Gasteiger partial charge in [0.25, 0.3) is 0 Å². The maximum atomic E-state index is 12.5. The number of carbonyl (C=O) groups is 1. The maximum Gasteiger partial charge on any atom is 0.225 e. The predicted molar refractivity (Wildman–Crippen MR) is 86.8 cm³/mol. The number of rotatable bonds is 4. The quantitative estimate of drug-likeness (QED) is 0.846. The van der Waals surface area contributed by atoms with Gasteiger partial charge >= 0.3 is 0 Å². The van der Waals surface area contributed by atoms with Crippen LogP contribution in [0.5, 0.6) is 0 Å². The molecule has 5 nitrogen and oxygen atoms in total. The molecule has 1 aliphatic heterocycles. The van der Waals surface area contributed by atoms with Crippen molar-refractivity contribution in [2.45, 2.75) is 26.3 Å². The lowest BCUT2D eigenvalue weighted by molar-refractivity contribution is -0.135. The van der Waals surface area contributed by atoms with E-state index in [9.17, 15) is 13.2 Å². The molecule has 0 N–H and O–H groups in total. The fourth-order valence-electron chi connectivity index (χ4n) is 2.79. The van der Waals surface area contributed by atoms with E-state index in [0.717, 1.165) is 5.56 Å². The first kappa shape index (κ1) is 17.0. The minimum Gasteiger partial charge on any atom is -0.341 e. The molecule has 1 amide bonds. The lowest BCUT2D eigenvalue weighted by atomic mass is 9.96. The Kier molecular flexibility index (Phi) is 5.24. The van der Waals surface area contributed by atoms with Crippen LogP contribution in [0.4, 0.5) is 0 Å². The van der Waals surface area contributed by atoms with E-state index in [0.29, 0.717) is 32.5 Å². The summed E-state index contributed by atoms with van der Waals surface area (Å²) in [6.07, 6.45) is 2.42. The molecule has 1 heterocycles. The fourth-order valence-corrected chi connectivity index (χ4v) is 3.67. The molecule has 0 bridgehead atoms. The number of nitrogens with zero attached hydrogens (tertiary/aromatic N) is 2. The van der Waals surface area contributed by atoms with Crippen molar-refractivity contribution in [3.63, 3.8) is 0 Å². The van der Waals surface area contributed by atoms with Crippen LogP contribution in [-0.2, 0) is 21.4 Å². The van der Waals surface area contributed by atoms with Crippen molar-refractivity contribution in [2.24, 2.45) is 5.92 Å². The first-order valence-corrected chi connectivity index (χ1v) is 9.38. The van der Waals surface area contributed by atoms with Gasteiger partial charge in [-0.1, -0.05) is 29.8 Å². The van der Waals surface area contributed by atoms with Gasteiger partial charge in [-0.05, 0) is 25.3 Å². The van der Waals surface area contributed by atoms with Gasteiger partial charge in [0, 0.05) is 32.6 Å². The summed E-state index contributed by atoms with van der Waals surface area (Å²) >= 11 is 0. The third kappa shape index (κ3) is 4.30. The number of amides is 1. The molecule has 0 aliphatic carbocycles. The molecule has 0 spiro atoms. The summed E-state index contributed by atoms with van der Waals surface area (Å²) < 4.78 is 24.4. The van der Waals surface area contributed by atoms with Crippen molar-refractivity contribution in [1.82, 2.24) is 9.21 Å². The normalized spacial score (nSPS) is 17.4. The monoisotopic (exact) mass is 324 g/mol. The summed E-state index contributed by atoms with van der Waals surface area (Å²) in [5, 5.41) is 0. The van der Waals surface area contributed by atoms with Crippen LogP contribution in [0.3, 0.4) is 0 Å². The van der Waals surface area contributed by atoms with E-state index in [4.69, 9.17) is 0 Å². The van der Waals surface area contributed by atoms with E-state index >= 15 is 0 Å². The highest BCUT2D eigenvalue weighted by Crippen LogP contribution is 2.21. The minimum absolute atomic E-state index is 0.0755. The van der Waals surface area contributed by atoms with Crippen LogP contribution in [0.1, 0.15) is 24.0 Å². The average molecular weight is 324 g/mol. The topological polar surface area (TPSA) is 57.7 Å². The summed E-state index contributed by atoms with van der Waals surface area (Å²) in [5.41, 5.74) is 2.31. The number of benzene rings is 1. The van der Waals surface area contributed by atoms with Gasteiger partial charge in [0.15, 0.2) is 0 Å². The van der Waals surface area contributed by atoms with Crippen LogP contribution >= 0.6 is 0 Å². The van der Waals surface area contributed by atoms with E-state index in [1.807, 2.05) is 38.2 Å². The highest BCUT2D eigenvalue weighted by atomic mass is 32.2. The Hall–Kier alpha value is -1.40. The zero-order valence-electron chi connectivity index (χ0n) is 13.4. The SMILES string of the molecule is Cc1ccc(CN(C)C(=O)C2CCN(S(C)(=O)=O)CC2)cc1. The zero-order chi connectivity index (χ0) is 16.3. The zero-order valence-corrected chi connectivity index (χ0v) is 14.3. The summed E-state index contributed by atoms with van der Waals surface area (Å²) in [6, 6.07) is 8.15. The third-order valence-electron chi connectivity index (χ3n) is 4.19. The molecule has 1 aliphatic rings. The molecule has 2 rings (SSSR count). The van der Waals surface area contributed by atoms with Gasteiger partial charge in [-0.25, -0.2) is 12.7 Å². The van der Waals surface area contributed by atoms with Crippen molar-refractivity contribution < 1.29 is 13.2 Å². The Labute approximate surface area is 133 Å². The Morgan fingerprint density at radius 2 is 1.77 bits per heavy atom. The summed E-state index contributed by atoms with van der Waals surface area (Å²) in [4.78, 5) is 14.2. The van der Waals surface area contributed by atoms with E-state index in [-0.39, 0.29) is 11.8 Å². The first-order chi connectivity index (χ1) is 10.3. The van der Waals surface area contributed by atoms with Crippen LogP contribution < -0.4 is 0 Å². The second kappa shape index (κ2) is 6.79. The van der Waals surface area contributed by atoms with Gasteiger partial charge in [0.1, 0.15) is 0 Å². The first-order valence-electron chi connectivity index (χ1n) is 7.53. The number of carbonyl (C=O) groups excluding carboxylic acids is 1. The Morgan fingerprint density at radius 3 is 2.27 bits per heavy atom. The van der Waals surface area contributed by atoms with E-state index in [2.05, 4.69) is 0 Å². The van der Waals surface area contributed by atoms with Gasteiger partial charge in [-0.2, -0.15) is 0 Å². The molecule has 1 aromatic rings. The van der Waals surface area contributed by atoms with Crippen LogP contribution in [0, 0.1) is 12.8 Å².